The van der Waals surface area contributed by atoms with Crippen molar-refractivity contribution in [1.29, 1.82) is 0 Å². The molecule has 0 bridgehead atoms. The van der Waals surface area contributed by atoms with Crippen LogP contribution in [0, 0.1) is 5.41 Å². The van der Waals surface area contributed by atoms with Crippen molar-refractivity contribution in [3.8, 4) is 0 Å². The number of ether oxygens (including phenoxy) is 1. The highest BCUT2D eigenvalue weighted by atomic mass is 32.1. The van der Waals surface area contributed by atoms with Gasteiger partial charge in [0.2, 0.25) is 5.91 Å². The topological polar surface area (TPSA) is 72.6 Å². The van der Waals surface area contributed by atoms with E-state index in [1.54, 1.807) is 20.8 Å². The number of carbonyl (C=O) groups excluding carboxylic acids is 2. The molecule has 6 heteroatoms. The summed E-state index contributed by atoms with van der Waals surface area (Å²) in [5, 5.41) is 0. The summed E-state index contributed by atoms with van der Waals surface area (Å²) < 4.78 is 4.51. The number of hydrogen-bond donors (Lipinski definition) is 1. The van der Waals surface area contributed by atoms with E-state index in [9.17, 15) is 9.59 Å². The van der Waals surface area contributed by atoms with Gasteiger partial charge in [0.05, 0.1) is 17.5 Å². The Labute approximate surface area is 101 Å². The van der Waals surface area contributed by atoms with Gasteiger partial charge in [0, 0.05) is 6.54 Å². The van der Waals surface area contributed by atoms with E-state index in [0.29, 0.717) is 6.54 Å². The van der Waals surface area contributed by atoms with Gasteiger partial charge >= 0.3 is 5.97 Å². The van der Waals surface area contributed by atoms with E-state index < -0.39 is 11.4 Å². The summed E-state index contributed by atoms with van der Waals surface area (Å²) in [7, 11) is 1.28. The standard InChI is InChI=1S/C10H18N2O3S/c1-5-12(6-7(13)15-4)9(14)10(2,3)8(11)16/h5-6H2,1-4H3,(H2,11,16). The Morgan fingerprint density at radius 1 is 1.44 bits per heavy atom. The smallest absolute Gasteiger partial charge is 0.325 e. The van der Waals surface area contributed by atoms with Crippen LogP contribution in [-0.2, 0) is 14.3 Å². The summed E-state index contributed by atoms with van der Waals surface area (Å²) >= 11 is 4.83. The van der Waals surface area contributed by atoms with Gasteiger partial charge in [-0.15, -0.1) is 0 Å². The van der Waals surface area contributed by atoms with E-state index in [1.165, 1.54) is 12.0 Å². The molecule has 0 aliphatic rings. The fourth-order valence-corrected chi connectivity index (χ4v) is 1.14. The molecule has 0 aromatic heterocycles. The Morgan fingerprint density at radius 3 is 2.25 bits per heavy atom. The number of rotatable bonds is 5. The van der Waals surface area contributed by atoms with Gasteiger partial charge in [-0.3, -0.25) is 9.59 Å². The Bertz CT molecular complexity index is 302. The molecular formula is C10H18N2O3S. The molecule has 0 saturated carbocycles. The van der Waals surface area contributed by atoms with Crippen LogP contribution in [0.2, 0.25) is 0 Å². The zero-order chi connectivity index (χ0) is 12.9. The first-order chi connectivity index (χ1) is 7.27. The number of hydrogen-bond acceptors (Lipinski definition) is 4. The highest BCUT2D eigenvalue weighted by molar-refractivity contribution is 7.80. The second-order valence-corrected chi connectivity index (χ2v) is 4.32. The third kappa shape index (κ3) is 3.44. The Balaban J connectivity index is 4.78. The molecule has 0 aliphatic carbocycles. The SMILES string of the molecule is CCN(CC(=O)OC)C(=O)C(C)(C)C(N)=S. The number of carbonyl (C=O) groups is 2. The molecule has 0 aliphatic heterocycles. The molecule has 5 nitrogen and oxygen atoms in total. The molecular weight excluding hydrogens is 228 g/mol. The van der Waals surface area contributed by atoms with Crippen LogP contribution in [0.4, 0.5) is 0 Å². The fourth-order valence-electron chi connectivity index (χ4n) is 1.05. The second kappa shape index (κ2) is 5.79. The molecule has 0 rings (SSSR count). The Morgan fingerprint density at radius 2 is 1.94 bits per heavy atom. The summed E-state index contributed by atoms with van der Waals surface area (Å²) in [6.45, 7) is 5.36. The minimum Gasteiger partial charge on any atom is -0.468 e. The zero-order valence-corrected chi connectivity index (χ0v) is 10.9. The quantitative estimate of drug-likeness (QED) is 0.558. The Kier molecular flexibility index (Phi) is 5.37. The molecule has 0 spiro atoms. The summed E-state index contributed by atoms with van der Waals surface area (Å²) in [5.74, 6) is -0.734. The molecule has 0 unspecified atom stereocenters. The molecule has 0 heterocycles. The molecule has 0 aromatic carbocycles. The molecule has 0 fully saturated rings. The largest absolute Gasteiger partial charge is 0.468 e. The van der Waals surface area contributed by atoms with E-state index in [0.717, 1.165) is 0 Å². The van der Waals surface area contributed by atoms with Crippen molar-refractivity contribution in [2.24, 2.45) is 11.1 Å². The maximum atomic E-state index is 12.0. The molecule has 1 amide bonds. The molecule has 92 valence electrons. The number of thiocarbonyl (C=S) groups is 1. The van der Waals surface area contributed by atoms with Gasteiger partial charge in [-0.1, -0.05) is 12.2 Å². The second-order valence-electron chi connectivity index (χ2n) is 3.88. The van der Waals surface area contributed by atoms with Crippen LogP contribution in [0.15, 0.2) is 0 Å². The van der Waals surface area contributed by atoms with Crippen LogP contribution in [0.25, 0.3) is 0 Å². The monoisotopic (exact) mass is 246 g/mol. The first kappa shape index (κ1) is 14.8. The lowest BCUT2D eigenvalue weighted by atomic mass is 9.91. The van der Waals surface area contributed by atoms with Crippen molar-refractivity contribution >= 4 is 29.1 Å². The number of amides is 1. The molecule has 0 atom stereocenters. The van der Waals surface area contributed by atoms with E-state index in [4.69, 9.17) is 18.0 Å². The lowest BCUT2D eigenvalue weighted by Crippen LogP contribution is -2.48. The van der Waals surface area contributed by atoms with Crippen molar-refractivity contribution < 1.29 is 14.3 Å². The minimum atomic E-state index is -0.945. The highest BCUT2D eigenvalue weighted by Gasteiger charge is 2.35. The molecule has 0 radical (unpaired) electrons. The zero-order valence-electron chi connectivity index (χ0n) is 10.1. The number of likely N-dealkylation sites (N-methyl/N-ethyl adjacent to an activating group) is 1. The maximum absolute atomic E-state index is 12.0. The average molecular weight is 246 g/mol. The molecule has 0 aromatic rings. The summed E-state index contributed by atoms with van der Waals surface area (Å²) in [5.41, 5.74) is 4.55. The summed E-state index contributed by atoms with van der Waals surface area (Å²) in [6, 6.07) is 0. The summed E-state index contributed by atoms with van der Waals surface area (Å²) in [6.07, 6.45) is 0. The first-order valence-electron chi connectivity index (χ1n) is 4.93. The van der Waals surface area contributed by atoms with Crippen molar-refractivity contribution in [2.45, 2.75) is 20.8 Å². The van der Waals surface area contributed by atoms with Crippen LogP contribution >= 0.6 is 12.2 Å². The van der Waals surface area contributed by atoms with Gasteiger partial charge in [-0.05, 0) is 20.8 Å². The van der Waals surface area contributed by atoms with Gasteiger partial charge in [0.15, 0.2) is 0 Å². The minimum absolute atomic E-state index is 0.0854. The lowest BCUT2D eigenvalue weighted by Gasteiger charge is -2.29. The predicted octanol–water partition coefficient (Wildman–Crippen LogP) is 0.320. The predicted molar refractivity (Wildman–Crippen MR) is 64.8 cm³/mol. The van der Waals surface area contributed by atoms with Gasteiger partial charge in [-0.2, -0.15) is 0 Å². The number of nitrogens with zero attached hydrogens (tertiary/aromatic N) is 1. The van der Waals surface area contributed by atoms with Gasteiger partial charge in [0.25, 0.3) is 0 Å². The molecule has 16 heavy (non-hydrogen) atoms. The highest BCUT2D eigenvalue weighted by Crippen LogP contribution is 2.19. The summed E-state index contributed by atoms with van der Waals surface area (Å²) in [4.78, 5) is 24.6. The van der Waals surface area contributed by atoms with Crippen molar-refractivity contribution in [2.75, 3.05) is 20.2 Å². The van der Waals surface area contributed by atoms with Crippen LogP contribution in [-0.4, -0.2) is 42.0 Å². The van der Waals surface area contributed by atoms with E-state index in [1.807, 2.05) is 0 Å². The van der Waals surface area contributed by atoms with E-state index in [2.05, 4.69) is 4.74 Å². The first-order valence-corrected chi connectivity index (χ1v) is 5.34. The number of nitrogens with two attached hydrogens (primary N) is 1. The number of esters is 1. The van der Waals surface area contributed by atoms with Crippen molar-refractivity contribution in [3.05, 3.63) is 0 Å². The fraction of sp³-hybridized carbons (Fsp3) is 0.700. The molecule has 0 saturated heterocycles. The third-order valence-corrected chi connectivity index (χ3v) is 2.88. The normalized spacial score (nSPS) is 10.8. The van der Waals surface area contributed by atoms with Gasteiger partial charge in [0.1, 0.15) is 6.54 Å². The van der Waals surface area contributed by atoms with Crippen LogP contribution in [0.1, 0.15) is 20.8 Å². The van der Waals surface area contributed by atoms with Gasteiger partial charge in [-0.25, -0.2) is 0 Å². The van der Waals surface area contributed by atoms with Crippen molar-refractivity contribution in [3.63, 3.8) is 0 Å². The third-order valence-electron chi connectivity index (χ3n) is 2.37. The average Bonchev–Trinajstić information content (AvgIpc) is 2.24. The number of methoxy groups -OCH3 is 1. The maximum Gasteiger partial charge on any atom is 0.325 e. The van der Waals surface area contributed by atoms with E-state index >= 15 is 0 Å². The molecule has 2 N–H and O–H groups in total. The Hall–Kier alpha value is -1.17. The van der Waals surface area contributed by atoms with Crippen molar-refractivity contribution in [1.82, 2.24) is 4.90 Å². The van der Waals surface area contributed by atoms with Crippen LogP contribution in [0.3, 0.4) is 0 Å². The lowest BCUT2D eigenvalue weighted by molar-refractivity contribution is -0.148. The van der Waals surface area contributed by atoms with Crippen LogP contribution < -0.4 is 5.73 Å². The van der Waals surface area contributed by atoms with E-state index in [-0.39, 0.29) is 17.4 Å². The van der Waals surface area contributed by atoms with Crippen LogP contribution in [0.5, 0.6) is 0 Å². The van der Waals surface area contributed by atoms with Gasteiger partial charge < -0.3 is 15.4 Å².